The zero-order valence-corrected chi connectivity index (χ0v) is 13.7. The van der Waals surface area contributed by atoms with Gasteiger partial charge in [-0.1, -0.05) is 23.8 Å². The molecule has 0 aliphatic heterocycles. The number of carbonyl (C=O) groups is 1. The van der Waals surface area contributed by atoms with E-state index in [1.165, 1.54) is 11.1 Å². The number of carbonyl (C=O) groups excluding carboxylic acids is 1. The second kappa shape index (κ2) is 6.61. The highest BCUT2D eigenvalue weighted by molar-refractivity contribution is 5.79. The molecule has 2 rings (SSSR count). The van der Waals surface area contributed by atoms with Gasteiger partial charge in [-0.3, -0.25) is 4.79 Å². The van der Waals surface area contributed by atoms with Crippen LogP contribution in [0.4, 0.5) is 0 Å². The molecule has 3 heteroatoms. The highest BCUT2D eigenvalue weighted by atomic mass is 16.5. The molecule has 0 bridgehead atoms. The first-order chi connectivity index (χ1) is 9.92. The summed E-state index contributed by atoms with van der Waals surface area (Å²) < 4.78 is 5.40. The molecule has 3 nitrogen and oxygen atoms in total. The van der Waals surface area contributed by atoms with E-state index in [9.17, 15) is 4.79 Å². The Morgan fingerprint density at radius 1 is 1.33 bits per heavy atom. The summed E-state index contributed by atoms with van der Waals surface area (Å²) in [4.78, 5) is 12.4. The van der Waals surface area contributed by atoms with E-state index in [2.05, 4.69) is 44.3 Å². The summed E-state index contributed by atoms with van der Waals surface area (Å²) in [5.74, 6) is 0.127. The molecule has 0 spiro atoms. The lowest BCUT2D eigenvalue weighted by atomic mass is 9.81. The second-order valence-electron chi connectivity index (χ2n) is 6.65. The molecule has 0 heterocycles. The monoisotopic (exact) mass is 289 g/mol. The minimum absolute atomic E-state index is 0.0795. The molecule has 0 saturated heterocycles. The van der Waals surface area contributed by atoms with Crippen molar-refractivity contribution in [3.05, 3.63) is 34.9 Å². The zero-order chi connectivity index (χ0) is 15.5. The molecule has 0 atom stereocenters. The Labute approximate surface area is 128 Å². The van der Waals surface area contributed by atoms with Gasteiger partial charge in [-0.05, 0) is 57.6 Å². The van der Waals surface area contributed by atoms with Gasteiger partial charge in [0.2, 0.25) is 5.91 Å². The van der Waals surface area contributed by atoms with Gasteiger partial charge in [0.25, 0.3) is 0 Å². The number of benzene rings is 1. The van der Waals surface area contributed by atoms with Crippen LogP contribution in [0.2, 0.25) is 0 Å². The molecule has 1 aromatic carbocycles. The normalized spacial score (nSPS) is 25.6. The van der Waals surface area contributed by atoms with Crippen molar-refractivity contribution in [3.63, 3.8) is 0 Å². The largest absolute Gasteiger partial charge is 0.381 e. The third-order valence-corrected chi connectivity index (χ3v) is 4.67. The Bertz CT molecular complexity index is 502. The van der Waals surface area contributed by atoms with E-state index in [0.717, 1.165) is 31.2 Å². The molecule has 1 aliphatic carbocycles. The molecule has 1 saturated carbocycles. The molecule has 1 aromatic rings. The lowest BCUT2D eigenvalue weighted by Crippen LogP contribution is -2.49. The fourth-order valence-electron chi connectivity index (χ4n) is 3.13. The summed E-state index contributed by atoms with van der Waals surface area (Å²) in [6.07, 6.45) is 4.85. The van der Waals surface area contributed by atoms with Crippen molar-refractivity contribution in [2.75, 3.05) is 7.11 Å². The smallest absolute Gasteiger partial charge is 0.224 e. The summed E-state index contributed by atoms with van der Waals surface area (Å²) in [7, 11) is 1.77. The number of hydrogen-bond acceptors (Lipinski definition) is 2. The average molecular weight is 289 g/mol. The molecule has 1 fully saturated rings. The Balaban J connectivity index is 1.94. The van der Waals surface area contributed by atoms with Gasteiger partial charge in [0.1, 0.15) is 0 Å². The van der Waals surface area contributed by atoms with Crippen molar-refractivity contribution < 1.29 is 9.53 Å². The van der Waals surface area contributed by atoms with Gasteiger partial charge in [-0.25, -0.2) is 0 Å². The Kier molecular flexibility index (Phi) is 5.04. The first-order valence-corrected chi connectivity index (χ1v) is 7.82. The van der Waals surface area contributed by atoms with Crippen molar-refractivity contribution in [2.45, 2.75) is 64.5 Å². The number of nitrogens with one attached hydrogen (secondary N) is 1. The number of aryl methyl sites for hydroxylation is 2. The fourth-order valence-corrected chi connectivity index (χ4v) is 3.13. The van der Waals surface area contributed by atoms with Crippen molar-refractivity contribution in [1.82, 2.24) is 5.32 Å². The number of hydrogen-bond donors (Lipinski definition) is 1. The number of ether oxygens (including phenoxy) is 1. The third kappa shape index (κ3) is 4.31. The maximum atomic E-state index is 12.4. The van der Waals surface area contributed by atoms with E-state index in [1.807, 2.05) is 0 Å². The molecule has 1 amide bonds. The van der Waals surface area contributed by atoms with Gasteiger partial charge in [0.05, 0.1) is 12.5 Å². The van der Waals surface area contributed by atoms with E-state index >= 15 is 0 Å². The fraction of sp³-hybridized carbons (Fsp3) is 0.611. The molecule has 21 heavy (non-hydrogen) atoms. The minimum Gasteiger partial charge on any atom is -0.381 e. The van der Waals surface area contributed by atoms with Gasteiger partial charge < -0.3 is 10.1 Å². The van der Waals surface area contributed by atoms with Gasteiger partial charge >= 0.3 is 0 Å². The van der Waals surface area contributed by atoms with E-state index in [1.54, 1.807) is 7.11 Å². The summed E-state index contributed by atoms with van der Waals surface area (Å²) in [5, 5.41) is 3.24. The van der Waals surface area contributed by atoms with Crippen LogP contribution >= 0.6 is 0 Å². The molecule has 1 N–H and O–H groups in total. The van der Waals surface area contributed by atoms with Gasteiger partial charge in [0.15, 0.2) is 0 Å². The molecular weight excluding hydrogens is 262 g/mol. The molecule has 0 aromatic heterocycles. The number of rotatable bonds is 4. The van der Waals surface area contributed by atoms with Gasteiger partial charge in [-0.15, -0.1) is 0 Å². The predicted octanol–water partition coefficient (Wildman–Crippen LogP) is 3.31. The van der Waals surface area contributed by atoms with E-state index in [0.29, 0.717) is 12.5 Å². The van der Waals surface area contributed by atoms with Crippen molar-refractivity contribution >= 4 is 5.91 Å². The van der Waals surface area contributed by atoms with Crippen LogP contribution in [0.3, 0.4) is 0 Å². The van der Waals surface area contributed by atoms with Crippen LogP contribution in [0.1, 0.15) is 49.3 Å². The third-order valence-electron chi connectivity index (χ3n) is 4.67. The summed E-state index contributed by atoms with van der Waals surface area (Å²) in [5.41, 5.74) is 3.44. The number of methoxy groups -OCH3 is 1. The van der Waals surface area contributed by atoms with Crippen LogP contribution in [0, 0.1) is 13.8 Å². The highest BCUT2D eigenvalue weighted by Gasteiger charge is 2.32. The topological polar surface area (TPSA) is 38.3 Å². The quantitative estimate of drug-likeness (QED) is 0.923. The van der Waals surface area contributed by atoms with Crippen LogP contribution in [0.5, 0.6) is 0 Å². The first-order valence-electron chi connectivity index (χ1n) is 7.82. The van der Waals surface area contributed by atoms with E-state index in [4.69, 9.17) is 4.74 Å². The molecular formula is C18H27NO2. The Hall–Kier alpha value is -1.35. The standard InChI is InChI=1S/C18H27NO2/c1-13-5-6-14(2)15(11-13)12-17(20)19-18(3)9-7-16(21-4)8-10-18/h5-6,11,16H,7-10,12H2,1-4H3,(H,19,20). The van der Waals surface area contributed by atoms with Gasteiger partial charge in [0, 0.05) is 12.6 Å². The first kappa shape index (κ1) is 16.0. The second-order valence-corrected chi connectivity index (χ2v) is 6.65. The van der Waals surface area contributed by atoms with Crippen LogP contribution < -0.4 is 5.32 Å². The van der Waals surface area contributed by atoms with Crippen LogP contribution in [-0.4, -0.2) is 24.7 Å². The van der Waals surface area contributed by atoms with Crippen LogP contribution in [-0.2, 0) is 16.0 Å². The van der Waals surface area contributed by atoms with Crippen molar-refractivity contribution in [2.24, 2.45) is 0 Å². The summed E-state index contributed by atoms with van der Waals surface area (Å²) in [6.45, 7) is 6.28. The molecule has 0 unspecified atom stereocenters. The summed E-state index contributed by atoms with van der Waals surface area (Å²) >= 11 is 0. The molecule has 0 radical (unpaired) electrons. The minimum atomic E-state index is -0.0795. The van der Waals surface area contributed by atoms with E-state index < -0.39 is 0 Å². The van der Waals surface area contributed by atoms with Crippen molar-refractivity contribution in [3.8, 4) is 0 Å². The SMILES string of the molecule is COC1CCC(C)(NC(=O)Cc2cc(C)ccc2C)CC1. The lowest BCUT2D eigenvalue weighted by Gasteiger charge is -2.37. The van der Waals surface area contributed by atoms with Gasteiger partial charge in [-0.2, -0.15) is 0 Å². The summed E-state index contributed by atoms with van der Waals surface area (Å²) in [6, 6.07) is 6.28. The molecule has 116 valence electrons. The zero-order valence-electron chi connectivity index (χ0n) is 13.7. The van der Waals surface area contributed by atoms with E-state index in [-0.39, 0.29) is 11.4 Å². The maximum Gasteiger partial charge on any atom is 0.224 e. The lowest BCUT2D eigenvalue weighted by molar-refractivity contribution is -0.123. The molecule has 1 aliphatic rings. The predicted molar refractivity (Wildman–Crippen MR) is 85.4 cm³/mol. The average Bonchev–Trinajstić information content (AvgIpc) is 2.43. The Morgan fingerprint density at radius 2 is 2.00 bits per heavy atom. The van der Waals surface area contributed by atoms with Crippen molar-refractivity contribution in [1.29, 1.82) is 0 Å². The van der Waals surface area contributed by atoms with Crippen LogP contribution in [0.25, 0.3) is 0 Å². The van der Waals surface area contributed by atoms with Crippen LogP contribution in [0.15, 0.2) is 18.2 Å². The Morgan fingerprint density at radius 3 is 2.62 bits per heavy atom. The number of amides is 1. The highest BCUT2D eigenvalue weighted by Crippen LogP contribution is 2.29. The maximum absolute atomic E-state index is 12.4.